The van der Waals surface area contributed by atoms with Gasteiger partial charge in [0, 0.05) is 19.2 Å². The van der Waals surface area contributed by atoms with Crippen molar-refractivity contribution in [2.24, 2.45) is 0 Å². The number of hydrogen-bond acceptors (Lipinski definition) is 4. The van der Waals surface area contributed by atoms with Crippen LogP contribution in [-0.4, -0.2) is 47.0 Å². The van der Waals surface area contributed by atoms with Crippen molar-refractivity contribution in [3.8, 4) is 0 Å². The fourth-order valence-corrected chi connectivity index (χ4v) is 2.20. The lowest BCUT2D eigenvalue weighted by Crippen LogP contribution is -2.39. The van der Waals surface area contributed by atoms with Crippen LogP contribution in [0.3, 0.4) is 0 Å². The van der Waals surface area contributed by atoms with Crippen LogP contribution in [0.2, 0.25) is 0 Å². The molecule has 0 fully saturated rings. The summed E-state index contributed by atoms with van der Waals surface area (Å²) in [6.45, 7) is 5.13. The van der Waals surface area contributed by atoms with E-state index in [-0.39, 0.29) is 11.8 Å². The largest absolute Gasteiger partial charge is 0.380 e. The molecule has 0 aromatic carbocycles. The van der Waals surface area contributed by atoms with Gasteiger partial charge in [-0.3, -0.25) is 0 Å². The van der Waals surface area contributed by atoms with Gasteiger partial charge in [0.05, 0.1) is 12.4 Å². The van der Waals surface area contributed by atoms with E-state index < -0.39 is 10.0 Å². The fraction of sp³-hybridized carbons (Fsp3) is 1.00. The first-order chi connectivity index (χ1) is 6.52. The van der Waals surface area contributed by atoms with Crippen LogP contribution < -0.4 is 10.0 Å². The van der Waals surface area contributed by atoms with Gasteiger partial charge in [0.2, 0.25) is 10.0 Å². The maximum atomic E-state index is 11.4. The van der Waals surface area contributed by atoms with Crippen LogP contribution in [0.4, 0.5) is 0 Å². The molecule has 5 nitrogen and oxygen atoms in total. The quantitative estimate of drug-likeness (QED) is 0.586. The second-order valence-corrected chi connectivity index (χ2v) is 4.97. The molecule has 0 aromatic heterocycles. The zero-order valence-electron chi connectivity index (χ0n) is 9.04. The smallest absolute Gasteiger partial charge is 0.213 e. The monoisotopic (exact) mass is 224 g/mol. The van der Waals surface area contributed by atoms with Crippen LogP contribution in [0.15, 0.2) is 0 Å². The molecule has 86 valence electrons. The Kier molecular flexibility index (Phi) is 7.08. The van der Waals surface area contributed by atoms with Gasteiger partial charge in [0.25, 0.3) is 0 Å². The Morgan fingerprint density at radius 3 is 2.57 bits per heavy atom. The van der Waals surface area contributed by atoms with Gasteiger partial charge in [-0.2, -0.15) is 0 Å². The highest BCUT2D eigenvalue weighted by Crippen LogP contribution is 1.90. The Bertz CT molecular complexity index is 229. The molecule has 6 heteroatoms. The van der Waals surface area contributed by atoms with E-state index in [0.29, 0.717) is 19.8 Å². The molecule has 0 saturated heterocycles. The number of ether oxygens (including phenoxy) is 1. The van der Waals surface area contributed by atoms with Crippen molar-refractivity contribution in [3.05, 3.63) is 0 Å². The minimum atomic E-state index is -3.17. The lowest BCUT2D eigenvalue weighted by Gasteiger charge is -2.13. The first kappa shape index (κ1) is 13.8. The van der Waals surface area contributed by atoms with Crippen LogP contribution in [0.5, 0.6) is 0 Å². The fourth-order valence-electron chi connectivity index (χ4n) is 0.931. The zero-order valence-corrected chi connectivity index (χ0v) is 9.86. The van der Waals surface area contributed by atoms with Crippen LogP contribution >= 0.6 is 0 Å². The van der Waals surface area contributed by atoms with E-state index in [0.717, 1.165) is 0 Å². The first-order valence-electron chi connectivity index (χ1n) is 4.74. The van der Waals surface area contributed by atoms with E-state index in [4.69, 9.17) is 4.74 Å². The summed E-state index contributed by atoms with van der Waals surface area (Å²) in [5.74, 6) is 0.0972. The van der Waals surface area contributed by atoms with Gasteiger partial charge in [-0.1, -0.05) is 0 Å². The van der Waals surface area contributed by atoms with Crippen molar-refractivity contribution < 1.29 is 13.2 Å². The summed E-state index contributed by atoms with van der Waals surface area (Å²) < 4.78 is 30.3. The molecule has 1 atom stereocenters. The standard InChI is InChI=1S/C8H20N2O3S/c1-4-13-7-8(2)10-14(11,12)6-5-9-3/h8-10H,4-7H2,1-3H3. The van der Waals surface area contributed by atoms with Gasteiger partial charge in [0.15, 0.2) is 0 Å². The summed E-state index contributed by atoms with van der Waals surface area (Å²) in [7, 11) is -1.44. The van der Waals surface area contributed by atoms with Gasteiger partial charge >= 0.3 is 0 Å². The van der Waals surface area contributed by atoms with Crippen molar-refractivity contribution in [1.82, 2.24) is 10.0 Å². The minimum Gasteiger partial charge on any atom is -0.380 e. The summed E-state index contributed by atoms with van der Waals surface area (Å²) in [5, 5.41) is 2.79. The molecule has 0 amide bonds. The van der Waals surface area contributed by atoms with Crippen LogP contribution in [0, 0.1) is 0 Å². The molecule has 0 radical (unpaired) electrons. The summed E-state index contributed by atoms with van der Waals surface area (Å²) >= 11 is 0. The summed E-state index contributed by atoms with van der Waals surface area (Å²) in [4.78, 5) is 0. The average Bonchev–Trinajstić information content (AvgIpc) is 2.11. The molecule has 0 aliphatic carbocycles. The van der Waals surface area contributed by atoms with Crippen molar-refractivity contribution in [2.75, 3.05) is 32.6 Å². The SMILES string of the molecule is CCOCC(C)NS(=O)(=O)CCNC. The van der Waals surface area contributed by atoms with E-state index in [2.05, 4.69) is 10.0 Å². The molecule has 0 aliphatic heterocycles. The third-order valence-corrected chi connectivity index (χ3v) is 3.08. The summed E-state index contributed by atoms with van der Waals surface area (Å²) in [6, 6.07) is -0.170. The highest BCUT2D eigenvalue weighted by atomic mass is 32.2. The first-order valence-corrected chi connectivity index (χ1v) is 6.39. The summed E-state index contributed by atoms with van der Waals surface area (Å²) in [6.07, 6.45) is 0. The molecule has 2 N–H and O–H groups in total. The third kappa shape index (κ3) is 7.25. The van der Waals surface area contributed by atoms with E-state index in [1.54, 1.807) is 14.0 Å². The highest BCUT2D eigenvalue weighted by molar-refractivity contribution is 7.89. The van der Waals surface area contributed by atoms with E-state index >= 15 is 0 Å². The topological polar surface area (TPSA) is 67.4 Å². The third-order valence-electron chi connectivity index (χ3n) is 1.57. The van der Waals surface area contributed by atoms with Crippen LogP contribution in [-0.2, 0) is 14.8 Å². The number of nitrogens with one attached hydrogen (secondary N) is 2. The maximum absolute atomic E-state index is 11.4. The lowest BCUT2D eigenvalue weighted by atomic mass is 10.4. The normalized spacial score (nSPS) is 14.2. The van der Waals surface area contributed by atoms with Gasteiger partial charge in [-0.25, -0.2) is 13.1 Å². The second kappa shape index (κ2) is 7.17. The lowest BCUT2D eigenvalue weighted by molar-refractivity contribution is 0.133. The number of rotatable bonds is 8. The van der Waals surface area contributed by atoms with E-state index in [9.17, 15) is 8.42 Å². The van der Waals surface area contributed by atoms with Gasteiger partial charge in [0.1, 0.15) is 0 Å². The molecule has 1 unspecified atom stereocenters. The van der Waals surface area contributed by atoms with Gasteiger partial charge in [-0.15, -0.1) is 0 Å². The molecular weight excluding hydrogens is 204 g/mol. The predicted molar refractivity (Wildman–Crippen MR) is 56.8 cm³/mol. The molecule has 0 heterocycles. The summed E-state index contributed by atoms with van der Waals surface area (Å²) in [5.41, 5.74) is 0. The predicted octanol–water partition coefficient (Wildman–Crippen LogP) is -0.450. The average molecular weight is 224 g/mol. The Labute approximate surface area is 86.3 Å². The van der Waals surface area contributed by atoms with E-state index in [1.165, 1.54) is 0 Å². The molecule has 0 spiro atoms. The molecule has 0 bridgehead atoms. The highest BCUT2D eigenvalue weighted by Gasteiger charge is 2.13. The van der Waals surface area contributed by atoms with Gasteiger partial charge < -0.3 is 10.1 Å². The Hall–Kier alpha value is -0.170. The van der Waals surface area contributed by atoms with Crippen LogP contribution in [0.25, 0.3) is 0 Å². The van der Waals surface area contributed by atoms with Crippen molar-refractivity contribution in [3.63, 3.8) is 0 Å². The Balaban J connectivity index is 3.83. The Morgan fingerprint density at radius 1 is 1.43 bits per heavy atom. The molecule has 0 aliphatic rings. The molecule has 0 aromatic rings. The van der Waals surface area contributed by atoms with E-state index in [1.807, 2.05) is 6.92 Å². The van der Waals surface area contributed by atoms with Crippen LogP contribution in [0.1, 0.15) is 13.8 Å². The molecule has 0 rings (SSSR count). The van der Waals surface area contributed by atoms with Crippen molar-refractivity contribution in [2.45, 2.75) is 19.9 Å². The molecular formula is C8H20N2O3S. The minimum absolute atomic E-state index is 0.0972. The van der Waals surface area contributed by atoms with Gasteiger partial charge in [-0.05, 0) is 20.9 Å². The zero-order chi connectivity index (χ0) is 11.0. The second-order valence-electron chi connectivity index (χ2n) is 3.10. The molecule has 14 heavy (non-hydrogen) atoms. The number of sulfonamides is 1. The molecule has 0 saturated carbocycles. The number of hydrogen-bond donors (Lipinski definition) is 2. The Morgan fingerprint density at radius 2 is 2.07 bits per heavy atom. The van der Waals surface area contributed by atoms with Crippen molar-refractivity contribution in [1.29, 1.82) is 0 Å². The van der Waals surface area contributed by atoms with Crippen molar-refractivity contribution >= 4 is 10.0 Å². The maximum Gasteiger partial charge on any atom is 0.213 e.